The molecule has 6 heteroatoms. The van der Waals surface area contributed by atoms with Gasteiger partial charge < -0.3 is 15.2 Å². The van der Waals surface area contributed by atoms with Crippen LogP contribution in [0.25, 0.3) is 0 Å². The average Bonchev–Trinajstić information content (AvgIpc) is 2.39. The minimum absolute atomic E-state index is 0.0945. The van der Waals surface area contributed by atoms with Crippen molar-refractivity contribution in [1.82, 2.24) is 4.98 Å². The molecule has 1 aromatic heterocycles. The number of methoxy groups -OCH3 is 2. The van der Waals surface area contributed by atoms with Crippen molar-refractivity contribution >= 4 is 11.9 Å². The number of ether oxygens (including phenoxy) is 2. The van der Waals surface area contributed by atoms with E-state index in [0.29, 0.717) is 11.3 Å². The van der Waals surface area contributed by atoms with E-state index < -0.39 is 17.9 Å². The fourth-order valence-corrected chi connectivity index (χ4v) is 1.33. The van der Waals surface area contributed by atoms with Crippen LogP contribution in [0.5, 0.6) is 0 Å². The van der Waals surface area contributed by atoms with Crippen LogP contribution in [0.2, 0.25) is 0 Å². The number of rotatable bonds is 4. The number of nitrogens with zero attached hydrogens (tertiary/aromatic N) is 1. The predicted molar refractivity (Wildman–Crippen MR) is 59.4 cm³/mol. The standard InChI is InChI=1S/C11H14N2O4/c1-16-10(14)7-3-4-9(13-6-7)8(5-12)11(15)17-2/h3-4,6,8H,5,12H2,1-2H3. The highest BCUT2D eigenvalue weighted by Crippen LogP contribution is 2.14. The van der Waals surface area contributed by atoms with Gasteiger partial charge in [0.05, 0.1) is 25.5 Å². The van der Waals surface area contributed by atoms with Gasteiger partial charge in [-0.2, -0.15) is 0 Å². The number of aromatic nitrogens is 1. The molecule has 0 aliphatic carbocycles. The minimum atomic E-state index is -0.619. The first-order valence-corrected chi connectivity index (χ1v) is 4.96. The Kier molecular flexibility index (Phi) is 4.59. The molecular weight excluding hydrogens is 224 g/mol. The third-order valence-corrected chi connectivity index (χ3v) is 2.29. The number of nitrogens with two attached hydrogens (primary N) is 1. The molecule has 0 bridgehead atoms. The van der Waals surface area contributed by atoms with Crippen molar-refractivity contribution in [2.45, 2.75) is 5.92 Å². The van der Waals surface area contributed by atoms with E-state index in [2.05, 4.69) is 14.5 Å². The number of pyridine rings is 1. The van der Waals surface area contributed by atoms with Crippen molar-refractivity contribution in [3.63, 3.8) is 0 Å². The number of carbonyl (C=O) groups excluding carboxylic acids is 2. The van der Waals surface area contributed by atoms with Crippen LogP contribution in [0.3, 0.4) is 0 Å². The van der Waals surface area contributed by atoms with E-state index >= 15 is 0 Å². The number of esters is 2. The molecule has 0 saturated heterocycles. The molecule has 1 aromatic rings. The lowest BCUT2D eigenvalue weighted by Gasteiger charge is -2.11. The number of hydrogen-bond acceptors (Lipinski definition) is 6. The van der Waals surface area contributed by atoms with Crippen molar-refractivity contribution in [2.75, 3.05) is 20.8 Å². The third kappa shape index (κ3) is 3.01. The Morgan fingerprint density at radius 2 is 2.06 bits per heavy atom. The first-order chi connectivity index (χ1) is 8.13. The highest BCUT2D eigenvalue weighted by atomic mass is 16.5. The van der Waals surface area contributed by atoms with E-state index in [-0.39, 0.29) is 6.54 Å². The van der Waals surface area contributed by atoms with Crippen LogP contribution in [-0.2, 0) is 14.3 Å². The summed E-state index contributed by atoms with van der Waals surface area (Å²) in [6.07, 6.45) is 1.34. The first-order valence-electron chi connectivity index (χ1n) is 4.96. The Labute approximate surface area is 98.7 Å². The summed E-state index contributed by atoms with van der Waals surface area (Å²) in [6, 6.07) is 3.08. The van der Waals surface area contributed by atoms with Gasteiger partial charge in [0.15, 0.2) is 0 Å². The van der Waals surface area contributed by atoms with Gasteiger partial charge >= 0.3 is 11.9 Å². The molecule has 1 rings (SSSR count). The topological polar surface area (TPSA) is 91.5 Å². The predicted octanol–water partition coefficient (Wildman–Crippen LogP) is 0.0835. The largest absolute Gasteiger partial charge is 0.468 e. The molecule has 0 aliphatic heterocycles. The van der Waals surface area contributed by atoms with Gasteiger partial charge in [-0.3, -0.25) is 9.78 Å². The molecule has 0 radical (unpaired) electrons. The van der Waals surface area contributed by atoms with Crippen LogP contribution < -0.4 is 5.73 Å². The maximum Gasteiger partial charge on any atom is 0.339 e. The maximum absolute atomic E-state index is 11.4. The summed E-state index contributed by atoms with van der Waals surface area (Å²) in [7, 11) is 2.57. The number of hydrogen-bond donors (Lipinski definition) is 1. The van der Waals surface area contributed by atoms with Crippen molar-refractivity contribution < 1.29 is 19.1 Å². The van der Waals surface area contributed by atoms with E-state index in [1.807, 2.05) is 0 Å². The van der Waals surface area contributed by atoms with Gasteiger partial charge in [-0.25, -0.2) is 4.79 Å². The molecule has 0 aromatic carbocycles. The van der Waals surface area contributed by atoms with Gasteiger partial charge in [0.2, 0.25) is 0 Å². The Balaban J connectivity index is 2.92. The SMILES string of the molecule is COC(=O)c1ccc(C(CN)C(=O)OC)nc1. The van der Waals surface area contributed by atoms with E-state index in [4.69, 9.17) is 5.73 Å². The summed E-state index contributed by atoms with van der Waals surface area (Å²) in [6.45, 7) is 0.0945. The normalized spacial score (nSPS) is 11.7. The van der Waals surface area contributed by atoms with E-state index in [1.165, 1.54) is 26.5 Å². The molecule has 0 spiro atoms. The number of carbonyl (C=O) groups is 2. The van der Waals surface area contributed by atoms with Gasteiger partial charge in [-0.15, -0.1) is 0 Å². The molecule has 92 valence electrons. The third-order valence-electron chi connectivity index (χ3n) is 2.29. The van der Waals surface area contributed by atoms with Gasteiger partial charge in [0.1, 0.15) is 5.92 Å². The summed E-state index contributed by atoms with van der Waals surface area (Å²) in [5.41, 5.74) is 6.25. The summed E-state index contributed by atoms with van der Waals surface area (Å²) < 4.78 is 9.14. The second-order valence-corrected chi connectivity index (χ2v) is 3.27. The Bertz CT molecular complexity index is 402. The van der Waals surface area contributed by atoms with Gasteiger partial charge in [-0.05, 0) is 12.1 Å². The highest BCUT2D eigenvalue weighted by Gasteiger charge is 2.21. The van der Waals surface area contributed by atoms with Gasteiger partial charge in [0.25, 0.3) is 0 Å². The molecule has 0 fully saturated rings. The quantitative estimate of drug-likeness (QED) is 0.747. The van der Waals surface area contributed by atoms with Crippen LogP contribution in [-0.4, -0.2) is 37.7 Å². The molecule has 2 N–H and O–H groups in total. The lowest BCUT2D eigenvalue weighted by Crippen LogP contribution is -2.23. The van der Waals surface area contributed by atoms with Crippen LogP contribution in [0.4, 0.5) is 0 Å². The van der Waals surface area contributed by atoms with E-state index in [0.717, 1.165) is 0 Å². The molecule has 17 heavy (non-hydrogen) atoms. The van der Waals surface area contributed by atoms with Crippen LogP contribution >= 0.6 is 0 Å². The highest BCUT2D eigenvalue weighted by molar-refractivity contribution is 5.89. The average molecular weight is 238 g/mol. The zero-order chi connectivity index (χ0) is 12.8. The lowest BCUT2D eigenvalue weighted by atomic mass is 10.0. The Hall–Kier alpha value is -1.95. The Morgan fingerprint density at radius 1 is 1.35 bits per heavy atom. The molecule has 6 nitrogen and oxygen atoms in total. The minimum Gasteiger partial charge on any atom is -0.468 e. The van der Waals surface area contributed by atoms with Crippen LogP contribution in [0.1, 0.15) is 22.0 Å². The van der Waals surface area contributed by atoms with E-state index in [9.17, 15) is 9.59 Å². The fraction of sp³-hybridized carbons (Fsp3) is 0.364. The van der Waals surface area contributed by atoms with Crippen LogP contribution in [0.15, 0.2) is 18.3 Å². The molecule has 1 unspecified atom stereocenters. The van der Waals surface area contributed by atoms with Crippen molar-refractivity contribution in [3.8, 4) is 0 Å². The molecule has 1 heterocycles. The summed E-state index contributed by atoms with van der Waals surface area (Å²) in [5.74, 6) is -1.55. The summed E-state index contributed by atoms with van der Waals surface area (Å²) in [5, 5.41) is 0. The van der Waals surface area contributed by atoms with Gasteiger partial charge in [0, 0.05) is 12.7 Å². The molecule has 0 saturated carbocycles. The van der Waals surface area contributed by atoms with Crippen molar-refractivity contribution in [2.24, 2.45) is 5.73 Å². The summed E-state index contributed by atoms with van der Waals surface area (Å²) in [4.78, 5) is 26.6. The Morgan fingerprint density at radius 3 is 2.47 bits per heavy atom. The van der Waals surface area contributed by atoms with E-state index in [1.54, 1.807) is 6.07 Å². The maximum atomic E-state index is 11.4. The zero-order valence-electron chi connectivity index (χ0n) is 9.67. The van der Waals surface area contributed by atoms with Gasteiger partial charge in [-0.1, -0.05) is 0 Å². The lowest BCUT2D eigenvalue weighted by molar-refractivity contribution is -0.142. The second kappa shape index (κ2) is 5.95. The molecule has 1 atom stereocenters. The molecule has 0 aliphatic rings. The van der Waals surface area contributed by atoms with Crippen LogP contribution in [0, 0.1) is 0 Å². The monoisotopic (exact) mass is 238 g/mol. The smallest absolute Gasteiger partial charge is 0.339 e. The van der Waals surface area contributed by atoms with Crippen molar-refractivity contribution in [3.05, 3.63) is 29.6 Å². The van der Waals surface area contributed by atoms with Crippen molar-refractivity contribution in [1.29, 1.82) is 0 Å². The summed E-state index contributed by atoms with van der Waals surface area (Å²) >= 11 is 0. The molecular formula is C11H14N2O4. The second-order valence-electron chi connectivity index (χ2n) is 3.27. The fourth-order valence-electron chi connectivity index (χ4n) is 1.33. The zero-order valence-corrected chi connectivity index (χ0v) is 9.67. The first kappa shape index (κ1) is 13.1. The molecule has 0 amide bonds.